The summed E-state index contributed by atoms with van der Waals surface area (Å²) in [5.41, 5.74) is 3.50. The number of guanidine groups is 1. The Labute approximate surface area is 168 Å². The first-order valence-corrected chi connectivity index (χ1v) is 11.3. The molecule has 1 aromatic carbocycles. The summed E-state index contributed by atoms with van der Waals surface area (Å²) < 4.78 is 1.97. The van der Waals surface area contributed by atoms with Crippen molar-refractivity contribution in [3.8, 4) is 5.69 Å². The van der Waals surface area contributed by atoms with E-state index in [4.69, 9.17) is 4.99 Å². The van der Waals surface area contributed by atoms with E-state index in [0.29, 0.717) is 0 Å². The second kappa shape index (κ2) is 12.4. The molecule has 0 aliphatic carbocycles. The van der Waals surface area contributed by atoms with Crippen molar-refractivity contribution < 1.29 is 0 Å². The zero-order chi connectivity index (χ0) is 19.3. The number of aliphatic imine (C=N–C) groups is 1. The highest BCUT2D eigenvalue weighted by Gasteiger charge is 2.06. The molecule has 5 nitrogen and oxygen atoms in total. The summed E-state index contributed by atoms with van der Waals surface area (Å²) in [6.07, 6.45) is 8.74. The van der Waals surface area contributed by atoms with Gasteiger partial charge in [-0.05, 0) is 69.2 Å². The van der Waals surface area contributed by atoms with Crippen LogP contribution in [0.25, 0.3) is 5.69 Å². The molecular weight excluding hydrogens is 354 g/mol. The molecule has 0 atom stereocenters. The highest BCUT2D eigenvalue weighted by molar-refractivity contribution is 7.98. The van der Waals surface area contributed by atoms with Gasteiger partial charge in [-0.15, -0.1) is 0 Å². The maximum Gasteiger partial charge on any atom is 0.191 e. The first-order valence-electron chi connectivity index (χ1n) is 9.86. The monoisotopic (exact) mass is 387 g/mol. The van der Waals surface area contributed by atoms with Crippen LogP contribution in [0.5, 0.6) is 0 Å². The number of aromatic nitrogens is 2. The van der Waals surface area contributed by atoms with Crippen LogP contribution >= 0.6 is 11.8 Å². The fourth-order valence-corrected chi connectivity index (χ4v) is 3.33. The van der Waals surface area contributed by atoms with Gasteiger partial charge in [-0.2, -0.15) is 16.9 Å². The van der Waals surface area contributed by atoms with Gasteiger partial charge in [-0.25, -0.2) is 4.68 Å². The average Bonchev–Trinajstić information content (AvgIpc) is 3.06. The molecule has 0 aliphatic heterocycles. The Morgan fingerprint density at radius 1 is 1.15 bits per heavy atom. The number of nitrogens with zero attached hydrogens (tertiary/aromatic N) is 3. The van der Waals surface area contributed by atoms with Crippen molar-refractivity contribution in [1.29, 1.82) is 0 Å². The number of unbranched alkanes of at least 4 members (excludes halogenated alkanes) is 1. The average molecular weight is 388 g/mol. The molecule has 27 heavy (non-hydrogen) atoms. The summed E-state index contributed by atoms with van der Waals surface area (Å²) >= 11 is 1.91. The number of nitrogens with one attached hydrogen (secondary N) is 2. The molecule has 0 fully saturated rings. The van der Waals surface area contributed by atoms with Gasteiger partial charge in [0, 0.05) is 25.8 Å². The second-order valence-corrected chi connectivity index (χ2v) is 7.50. The molecule has 0 spiro atoms. The molecule has 2 rings (SSSR count). The zero-order valence-electron chi connectivity index (χ0n) is 16.9. The van der Waals surface area contributed by atoms with Gasteiger partial charge in [0.25, 0.3) is 0 Å². The highest BCUT2D eigenvalue weighted by Crippen LogP contribution is 2.13. The van der Waals surface area contributed by atoms with E-state index in [0.717, 1.165) is 49.8 Å². The van der Waals surface area contributed by atoms with Crippen molar-refractivity contribution in [3.63, 3.8) is 0 Å². The number of hydrogen-bond donors (Lipinski definition) is 2. The number of para-hydroxylation sites is 1. The van der Waals surface area contributed by atoms with Gasteiger partial charge in [0.05, 0.1) is 11.4 Å². The predicted octanol–water partition coefficient (Wildman–Crippen LogP) is 3.81. The molecule has 0 unspecified atom stereocenters. The Balaban J connectivity index is 1.80. The highest BCUT2D eigenvalue weighted by atomic mass is 32.2. The van der Waals surface area contributed by atoms with E-state index in [9.17, 15) is 0 Å². The van der Waals surface area contributed by atoms with Crippen LogP contribution in [0.2, 0.25) is 0 Å². The van der Waals surface area contributed by atoms with Crippen molar-refractivity contribution in [2.45, 2.75) is 39.5 Å². The molecule has 2 N–H and O–H groups in total. The van der Waals surface area contributed by atoms with E-state index in [1.165, 1.54) is 24.2 Å². The van der Waals surface area contributed by atoms with E-state index in [2.05, 4.69) is 54.2 Å². The molecule has 0 saturated heterocycles. The van der Waals surface area contributed by atoms with Gasteiger partial charge in [0.15, 0.2) is 5.96 Å². The smallest absolute Gasteiger partial charge is 0.191 e. The van der Waals surface area contributed by atoms with Crippen molar-refractivity contribution in [2.24, 2.45) is 4.99 Å². The molecule has 0 amide bonds. The molecule has 0 aliphatic rings. The summed E-state index contributed by atoms with van der Waals surface area (Å²) in [7, 11) is 0. The maximum absolute atomic E-state index is 4.70. The summed E-state index contributed by atoms with van der Waals surface area (Å²) in [5.74, 6) is 2.16. The maximum atomic E-state index is 4.70. The lowest BCUT2D eigenvalue weighted by atomic mass is 10.1. The summed E-state index contributed by atoms with van der Waals surface area (Å²) in [5, 5.41) is 11.4. The van der Waals surface area contributed by atoms with Crippen LogP contribution in [0.4, 0.5) is 0 Å². The molecule has 0 saturated carbocycles. The first-order chi connectivity index (χ1) is 13.2. The van der Waals surface area contributed by atoms with Crippen LogP contribution in [0.3, 0.4) is 0 Å². The molecule has 2 aromatic rings. The third-order valence-corrected chi connectivity index (χ3v) is 5.00. The predicted molar refractivity (Wildman–Crippen MR) is 118 cm³/mol. The van der Waals surface area contributed by atoms with Crippen molar-refractivity contribution in [1.82, 2.24) is 20.4 Å². The SMILES string of the molecule is CCNC(=NCCCc1cn(-c2ccccc2)nc1C)NCCCCSC. The lowest BCUT2D eigenvalue weighted by Crippen LogP contribution is -2.37. The van der Waals surface area contributed by atoms with E-state index in [-0.39, 0.29) is 0 Å². The molecule has 1 aromatic heterocycles. The van der Waals surface area contributed by atoms with Crippen LogP contribution in [0, 0.1) is 6.92 Å². The topological polar surface area (TPSA) is 54.2 Å². The Morgan fingerprint density at radius 2 is 1.96 bits per heavy atom. The van der Waals surface area contributed by atoms with E-state index < -0.39 is 0 Å². The minimum Gasteiger partial charge on any atom is -0.357 e. The molecule has 148 valence electrons. The lowest BCUT2D eigenvalue weighted by Gasteiger charge is -2.11. The number of hydrogen-bond acceptors (Lipinski definition) is 3. The van der Waals surface area contributed by atoms with Crippen LogP contribution in [-0.4, -0.2) is 47.4 Å². The van der Waals surface area contributed by atoms with Gasteiger partial charge < -0.3 is 10.6 Å². The second-order valence-electron chi connectivity index (χ2n) is 6.51. The Hall–Kier alpha value is -1.95. The summed E-state index contributed by atoms with van der Waals surface area (Å²) in [6.45, 7) is 6.87. The standard InChI is InChI=1S/C21H33N5S/c1-4-22-21(23-14-8-9-16-27-3)24-15-10-11-19-17-26(25-18(19)2)20-12-6-5-7-13-20/h5-7,12-13,17H,4,8-11,14-16H2,1-3H3,(H2,22,23,24). The van der Waals surface area contributed by atoms with Crippen LogP contribution < -0.4 is 10.6 Å². The fraction of sp³-hybridized carbons (Fsp3) is 0.524. The third-order valence-electron chi connectivity index (χ3n) is 4.31. The summed E-state index contributed by atoms with van der Waals surface area (Å²) in [6, 6.07) is 10.3. The van der Waals surface area contributed by atoms with Gasteiger partial charge in [-0.3, -0.25) is 4.99 Å². The quantitative estimate of drug-likeness (QED) is 0.350. The van der Waals surface area contributed by atoms with Gasteiger partial charge in [0.2, 0.25) is 0 Å². The largest absolute Gasteiger partial charge is 0.357 e. The molecule has 1 heterocycles. The van der Waals surface area contributed by atoms with E-state index >= 15 is 0 Å². The van der Waals surface area contributed by atoms with Gasteiger partial charge in [-0.1, -0.05) is 18.2 Å². The molecule has 0 radical (unpaired) electrons. The zero-order valence-corrected chi connectivity index (χ0v) is 17.7. The van der Waals surface area contributed by atoms with E-state index in [1.807, 2.05) is 34.6 Å². The molecule has 0 bridgehead atoms. The lowest BCUT2D eigenvalue weighted by molar-refractivity contribution is 0.729. The van der Waals surface area contributed by atoms with Crippen LogP contribution in [-0.2, 0) is 6.42 Å². The number of benzene rings is 1. The minimum atomic E-state index is 0.816. The number of thioether (sulfide) groups is 1. The number of aryl methyl sites for hydroxylation is 2. The first kappa shape index (κ1) is 21.4. The normalized spacial score (nSPS) is 11.6. The van der Waals surface area contributed by atoms with Crippen LogP contribution in [0.15, 0.2) is 41.5 Å². The number of rotatable bonds is 11. The minimum absolute atomic E-state index is 0.816. The fourth-order valence-electron chi connectivity index (χ4n) is 2.83. The van der Waals surface area contributed by atoms with Crippen molar-refractivity contribution in [3.05, 3.63) is 47.8 Å². The Bertz CT molecular complexity index is 681. The van der Waals surface area contributed by atoms with E-state index in [1.54, 1.807) is 0 Å². The Morgan fingerprint density at radius 3 is 2.70 bits per heavy atom. The molecule has 6 heteroatoms. The van der Waals surface area contributed by atoms with Crippen LogP contribution in [0.1, 0.15) is 37.4 Å². The van der Waals surface area contributed by atoms with Crippen molar-refractivity contribution in [2.75, 3.05) is 31.6 Å². The van der Waals surface area contributed by atoms with Gasteiger partial charge in [0.1, 0.15) is 0 Å². The molecular formula is C21H33N5S. The Kier molecular flexibility index (Phi) is 9.84. The summed E-state index contributed by atoms with van der Waals surface area (Å²) in [4.78, 5) is 4.70. The van der Waals surface area contributed by atoms with Crippen molar-refractivity contribution >= 4 is 17.7 Å². The third kappa shape index (κ3) is 7.67. The van der Waals surface area contributed by atoms with Gasteiger partial charge >= 0.3 is 0 Å².